The zero-order chi connectivity index (χ0) is 17.6. The molecule has 0 radical (unpaired) electrons. The van der Waals surface area contributed by atoms with Gasteiger partial charge in [-0.05, 0) is 19.9 Å². The van der Waals surface area contributed by atoms with Gasteiger partial charge in [0.1, 0.15) is 0 Å². The highest BCUT2D eigenvalue weighted by Gasteiger charge is 2.23. The summed E-state index contributed by atoms with van der Waals surface area (Å²) in [5.41, 5.74) is 0.234. The first-order valence-corrected chi connectivity index (χ1v) is 6.86. The van der Waals surface area contributed by atoms with E-state index in [1.54, 1.807) is 6.92 Å². The molecule has 0 aromatic heterocycles. The number of carbonyl (C=O) groups excluding carboxylic acids is 2. The first kappa shape index (κ1) is 18.1. The second-order valence-electron chi connectivity index (χ2n) is 4.97. The number of amides is 1. The van der Waals surface area contributed by atoms with Crippen molar-refractivity contribution in [2.45, 2.75) is 26.4 Å². The molecule has 0 aliphatic carbocycles. The molecule has 8 heteroatoms. The minimum absolute atomic E-state index is 0.00151. The summed E-state index contributed by atoms with van der Waals surface area (Å²) in [7, 11) is 1.50. The molecular formula is C15H17N3O5. The number of nitro benzene ring substituents is 1. The molecule has 0 unspecified atom stereocenters. The average Bonchev–Trinajstić information content (AvgIpc) is 2.51. The van der Waals surface area contributed by atoms with Crippen LogP contribution in [0.25, 0.3) is 0 Å². The largest absolute Gasteiger partial charge is 0.449 e. The number of nitriles is 1. The summed E-state index contributed by atoms with van der Waals surface area (Å²) in [4.78, 5) is 35.6. The number of hydrogen-bond donors (Lipinski definition) is 0. The highest BCUT2D eigenvalue weighted by molar-refractivity contribution is 5.92. The summed E-state index contributed by atoms with van der Waals surface area (Å²) in [5.74, 6) is -1.27. The Morgan fingerprint density at radius 2 is 2.13 bits per heavy atom. The Morgan fingerprint density at radius 1 is 1.48 bits per heavy atom. The standard InChI is InChI=1S/C15H17N3O5/c1-10-5-6-12(9-13(10)18(21)22)15(20)23-11(2)14(19)17(3)8-4-7-16/h5-6,9,11H,4,8H2,1-3H3/t11-/m0/s1. The van der Waals surface area contributed by atoms with Gasteiger partial charge in [0, 0.05) is 25.2 Å². The molecule has 0 spiro atoms. The Balaban J connectivity index is 2.80. The van der Waals surface area contributed by atoms with Crippen LogP contribution in [0.4, 0.5) is 5.69 Å². The number of esters is 1. The lowest BCUT2D eigenvalue weighted by Gasteiger charge is -2.20. The molecule has 0 heterocycles. The van der Waals surface area contributed by atoms with E-state index >= 15 is 0 Å². The normalized spacial score (nSPS) is 11.2. The molecule has 0 aliphatic rings. The molecule has 1 aromatic rings. The first-order valence-electron chi connectivity index (χ1n) is 6.86. The molecule has 1 aromatic carbocycles. The zero-order valence-electron chi connectivity index (χ0n) is 13.1. The van der Waals surface area contributed by atoms with Crippen LogP contribution in [0.3, 0.4) is 0 Å². The number of hydrogen-bond acceptors (Lipinski definition) is 6. The Kier molecular flexibility index (Phi) is 6.21. The van der Waals surface area contributed by atoms with Crippen LogP contribution in [0.15, 0.2) is 18.2 Å². The van der Waals surface area contributed by atoms with Gasteiger partial charge in [-0.25, -0.2) is 4.79 Å². The molecule has 0 aliphatic heterocycles. The minimum Gasteiger partial charge on any atom is -0.449 e. The van der Waals surface area contributed by atoms with Crippen molar-refractivity contribution in [3.8, 4) is 6.07 Å². The summed E-state index contributed by atoms with van der Waals surface area (Å²) in [6.45, 7) is 3.20. The highest BCUT2D eigenvalue weighted by atomic mass is 16.6. The summed E-state index contributed by atoms with van der Waals surface area (Å²) < 4.78 is 5.04. The number of likely N-dealkylation sites (N-methyl/N-ethyl adjacent to an activating group) is 1. The van der Waals surface area contributed by atoms with Crippen molar-refractivity contribution in [2.24, 2.45) is 0 Å². The smallest absolute Gasteiger partial charge is 0.339 e. The lowest BCUT2D eigenvalue weighted by Crippen LogP contribution is -2.37. The van der Waals surface area contributed by atoms with E-state index in [1.807, 2.05) is 6.07 Å². The van der Waals surface area contributed by atoms with Gasteiger partial charge < -0.3 is 9.64 Å². The average molecular weight is 319 g/mol. The number of nitrogens with zero attached hydrogens (tertiary/aromatic N) is 3. The van der Waals surface area contributed by atoms with Crippen molar-refractivity contribution in [3.63, 3.8) is 0 Å². The van der Waals surface area contributed by atoms with Gasteiger partial charge in [0.25, 0.3) is 11.6 Å². The van der Waals surface area contributed by atoms with E-state index in [9.17, 15) is 19.7 Å². The van der Waals surface area contributed by atoms with E-state index in [-0.39, 0.29) is 24.2 Å². The van der Waals surface area contributed by atoms with Gasteiger partial charge in [-0.3, -0.25) is 14.9 Å². The highest BCUT2D eigenvalue weighted by Crippen LogP contribution is 2.20. The minimum atomic E-state index is -1.05. The molecule has 0 bridgehead atoms. The first-order chi connectivity index (χ1) is 10.8. The lowest BCUT2D eigenvalue weighted by atomic mass is 10.1. The lowest BCUT2D eigenvalue weighted by molar-refractivity contribution is -0.385. The van der Waals surface area contributed by atoms with Gasteiger partial charge in [0.05, 0.1) is 23.0 Å². The van der Waals surface area contributed by atoms with Crippen molar-refractivity contribution in [1.29, 1.82) is 5.26 Å². The molecular weight excluding hydrogens is 302 g/mol. The molecule has 8 nitrogen and oxygen atoms in total. The summed E-state index contributed by atoms with van der Waals surface area (Å²) in [6.07, 6.45) is -0.876. The molecule has 0 saturated carbocycles. The van der Waals surface area contributed by atoms with Gasteiger partial charge in [-0.2, -0.15) is 5.26 Å². The van der Waals surface area contributed by atoms with Gasteiger partial charge >= 0.3 is 5.97 Å². The molecule has 0 saturated heterocycles. The van der Waals surface area contributed by atoms with Crippen LogP contribution in [0.2, 0.25) is 0 Å². The fraction of sp³-hybridized carbons (Fsp3) is 0.400. The zero-order valence-corrected chi connectivity index (χ0v) is 13.1. The van der Waals surface area contributed by atoms with Crippen molar-refractivity contribution >= 4 is 17.6 Å². The third-order valence-corrected chi connectivity index (χ3v) is 3.21. The van der Waals surface area contributed by atoms with E-state index in [2.05, 4.69) is 0 Å². The van der Waals surface area contributed by atoms with Crippen LogP contribution in [0, 0.1) is 28.4 Å². The monoisotopic (exact) mass is 319 g/mol. The molecule has 122 valence electrons. The fourth-order valence-corrected chi connectivity index (χ4v) is 1.85. The number of ether oxygens (including phenoxy) is 1. The van der Waals surface area contributed by atoms with Crippen LogP contribution in [0.5, 0.6) is 0 Å². The number of rotatable bonds is 6. The van der Waals surface area contributed by atoms with E-state index in [4.69, 9.17) is 10.00 Å². The van der Waals surface area contributed by atoms with Crippen molar-refractivity contribution in [2.75, 3.05) is 13.6 Å². The molecule has 0 N–H and O–H groups in total. The molecule has 0 fully saturated rings. The van der Waals surface area contributed by atoms with Crippen molar-refractivity contribution in [3.05, 3.63) is 39.4 Å². The maximum Gasteiger partial charge on any atom is 0.339 e. The Labute approximate surface area is 133 Å². The maximum absolute atomic E-state index is 12.0. The molecule has 1 atom stereocenters. The van der Waals surface area contributed by atoms with Crippen molar-refractivity contribution < 1.29 is 19.2 Å². The summed E-state index contributed by atoms with van der Waals surface area (Å²) >= 11 is 0. The number of nitro groups is 1. The Hall–Kier alpha value is -2.95. The van der Waals surface area contributed by atoms with Gasteiger partial charge in [-0.15, -0.1) is 0 Å². The van der Waals surface area contributed by atoms with Crippen LogP contribution in [-0.2, 0) is 9.53 Å². The summed E-state index contributed by atoms with van der Waals surface area (Å²) in [5, 5.41) is 19.4. The third-order valence-electron chi connectivity index (χ3n) is 3.21. The van der Waals surface area contributed by atoms with Crippen LogP contribution in [-0.4, -0.2) is 41.4 Å². The fourth-order valence-electron chi connectivity index (χ4n) is 1.85. The van der Waals surface area contributed by atoms with Gasteiger partial charge in [-0.1, -0.05) is 6.07 Å². The molecule has 1 rings (SSSR count). The summed E-state index contributed by atoms with van der Waals surface area (Å²) in [6, 6.07) is 5.88. The van der Waals surface area contributed by atoms with E-state index in [0.29, 0.717) is 5.56 Å². The van der Waals surface area contributed by atoms with Crippen LogP contribution in [0.1, 0.15) is 29.3 Å². The predicted molar refractivity (Wildman–Crippen MR) is 80.6 cm³/mol. The number of carbonyl (C=O) groups is 2. The third kappa shape index (κ3) is 4.78. The van der Waals surface area contributed by atoms with E-state index in [0.717, 1.165) is 6.07 Å². The SMILES string of the molecule is Cc1ccc(C(=O)O[C@@H](C)C(=O)N(C)CCC#N)cc1[N+](=O)[O-]. The quantitative estimate of drug-likeness (QED) is 0.449. The predicted octanol–water partition coefficient (Wildman–Crippen LogP) is 1.82. The van der Waals surface area contributed by atoms with E-state index < -0.39 is 22.9 Å². The molecule has 1 amide bonds. The Morgan fingerprint density at radius 3 is 2.70 bits per heavy atom. The number of aryl methyl sites for hydroxylation is 1. The second-order valence-corrected chi connectivity index (χ2v) is 4.97. The molecule has 23 heavy (non-hydrogen) atoms. The van der Waals surface area contributed by atoms with Gasteiger partial charge in [0.15, 0.2) is 6.10 Å². The maximum atomic E-state index is 12.0. The van der Waals surface area contributed by atoms with Crippen molar-refractivity contribution in [1.82, 2.24) is 4.90 Å². The number of benzene rings is 1. The van der Waals surface area contributed by atoms with Gasteiger partial charge in [0.2, 0.25) is 0 Å². The topological polar surface area (TPSA) is 114 Å². The van der Waals surface area contributed by atoms with Crippen LogP contribution < -0.4 is 0 Å². The Bertz CT molecular complexity index is 666. The van der Waals surface area contributed by atoms with Crippen LogP contribution >= 0.6 is 0 Å². The van der Waals surface area contributed by atoms with E-state index in [1.165, 1.54) is 31.0 Å². The second kappa shape index (κ2) is 7.89.